The molecule has 0 spiro atoms. The SMILES string of the molecule is CN(Cc1cccnc1)S(=O)(=O)c1cccs1. The van der Waals surface area contributed by atoms with E-state index < -0.39 is 10.0 Å². The monoisotopic (exact) mass is 268 g/mol. The first-order valence-electron chi connectivity index (χ1n) is 4.99. The number of thiophene rings is 1. The molecule has 0 unspecified atom stereocenters. The summed E-state index contributed by atoms with van der Waals surface area (Å²) in [7, 11) is -1.80. The summed E-state index contributed by atoms with van der Waals surface area (Å²) in [6.45, 7) is 0.327. The summed E-state index contributed by atoms with van der Waals surface area (Å²) < 4.78 is 25.9. The molecule has 0 atom stereocenters. The Labute approximate surface area is 105 Å². The molecule has 90 valence electrons. The van der Waals surface area contributed by atoms with E-state index in [4.69, 9.17) is 0 Å². The Morgan fingerprint density at radius 3 is 2.76 bits per heavy atom. The number of sulfonamides is 1. The quantitative estimate of drug-likeness (QED) is 0.851. The Hall–Kier alpha value is -1.24. The van der Waals surface area contributed by atoms with E-state index in [1.807, 2.05) is 6.07 Å². The second kappa shape index (κ2) is 4.95. The Morgan fingerprint density at radius 2 is 2.18 bits per heavy atom. The van der Waals surface area contributed by atoms with Gasteiger partial charge < -0.3 is 0 Å². The first-order chi connectivity index (χ1) is 8.10. The molecular weight excluding hydrogens is 256 g/mol. The van der Waals surface area contributed by atoms with Crippen molar-refractivity contribution >= 4 is 21.4 Å². The zero-order chi connectivity index (χ0) is 12.3. The van der Waals surface area contributed by atoms with Crippen LogP contribution in [0, 0.1) is 0 Å². The highest BCUT2D eigenvalue weighted by Crippen LogP contribution is 2.20. The van der Waals surface area contributed by atoms with Gasteiger partial charge in [0.15, 0.2) is 0 Å². The molecule has 2 aromatic heterocycles. The second-order valence-electron chi connectivity index (χ2n) is 3.55. The minimum atomic E-state index is -3.37. The number of hydrogen-bond acceptors (Lipinski definition) is 4. The highest BCUT2D eigenvalue weighted by atomic mass is 32.2. The molecule has 2 heterocycles. The van der Waals surface area contributed by atoms with E-state index in [0.29, 0.717) is 10.8 Å². The van der Waals surface area contributed by atoms with Gasteiger partial charge in [-0.1, -0.05) is 12.1 Å². The van der Waals surface area contributed by atoms with Crippen molar-refractivity contribution in [1.29, 1.82) is 0 Å². The largest absolute Gasteiger partial charge is 0.264 e. The zero-order valence-electron chi connectivity index (χ0n) is 9.28. The Morgan fingerprint density at radius 1 is 1.35 bits per heavy atom. The van der Waals surface area contributed by atoms with Crippen LogP contribution < -0.4 is 0 Å². The standard InChI is InChI=1S/C11H12N2O2S2/c1-13(9-10-4-2-6-12-8-10)17(14,15)11-5-3-7-16-11/h2-8H,9H2,1H3. The lowest BCUT2D eigenvalue weighted by atomic mass is 10.3. The van der Waals surface area contributed by atoms with Gasteiger partial charge in [-0.15, -0.1) is 11.3 Å². The van der Waals surface area contributed by atoms with Crippen molar-refractivity contribution in [2.75, 3.05) is 7.05 Å². The van der Waals surface area contributed by atoms with Crippen molar-refractivity contribution < 1.29 is 8.42 Å². The Bertz CT molecular complexity index is 565. The van der Waals surface area contributed by atoms with Gasteiger partial charge >= 0.3 is 0 Å². The third-order valence-electron chi connectivity index (χ3n) is 2.29. The average molecular weight is 268 g/mol. The molecule has 17 heavy (non-hydrogen) atoms. The van der Waals surface area contributed by atoms with Gasteiger partial charge in [-0.25, -0.2) is 8.42 Å². The molecule has 0 bridgehead atoms. The van der Waals surface area contributed by atoms with Crippen molar-refractivity contribution in [3.63, 3.8) is 0 Å². The van der Waals surface area contributed by atoms with Crippen LogP contribution in [0.5, 0.6) is 0 Å². The van der Waals surface area contributed by atoms with Crippen LogP contribution in [0.1, 0.15) is 5.56 Å². The van der Waals surface area contributed by atoms with Gasteiger partial charge in [0, 0.05) is 26.0 Å². The van der Waals surface area contributed by atoms with Crippen molar-refractivity contribution in [3.8, 4) is 0 Å². The van der Waals surface area contributed by atoms with Crippen LogP contribution in [0.3, 0.4) is 0 Å². The molecular formula is C11H12N2O2S2. The van der Waals surface area contributed by atoms with E-state index in [9.17, 15) is 8.42 Å². The second-order valence-corrected chi connectivity index (χ2v) is 6.77. The fourth-order valence-corrected chi connectivity index (χ4v) is 3.76. The molecule has 2 aromatic rings. The van der Waals surface area contributed by atoms with E-state index in [-0.39, 0.29) is 0 Å². The molecule has 6 heteroatoms. The zero-order valence-corrected chi connectivity index (χ0v) is 10.9. The average Bonchev–Trinajstić information content (AvgIpc) is 2.84. The van der Waals surface area contributed by atoms with Crippen LogP contribution in [-0.4, -0.2) is 24.8 Å². The van der Waals surface area contributed by atoms with Crippen LogP contribution in [-0.2, 0) is 16.6 Å². The highest BCUT2D eigenvalue weighted by molar-refractivity contribution is 7.91. The fraction of sp³-hybridized carbons (Fsp3) is 0.182. The molecule has 0 N–H and O–H groups in total. The summed E-state index contributed by atoms with van der Waals surface area (Å²) in [5, 5.41) is 1.75. The minimum Gasteiger partial charge on any atom is -0.264 e. The maximum absolute atomic E-state index is 12.1. The van der Waals surface area contributed by atoms with E-state index in [1.165, 1.54) is 15.6 Å². The molecule has 0 aliphatic rings. The molecule has 0 saturated carbocycles. The molecule has 0 radical (unpaired) electrons. The van der Waals surface area contributed by atoms with Crippen molar-refractivity contribution in [3.05, 3.63) is 47.6 Å². The van der Waals surface area contributed by atoms with Crippen molar-refractivity contribution in [2.24, 2.45) is 0 Å². The summed E-state index contributed by atoms with van der Waals surface area (Å²) in [5.74, 6) is 0. The summed E-state index contributed by atoms with van der Waals surface area (Å²) in [4.78, 5) is 3.96. The van der Waals surface area contributed by atoms with E-state index in [2.05, 4.69) is 4.98 Å². The number of aromatic nitrogens is 1. The molecule has 2 rings (SSSR count). The Kier molecular flexibility index (Phi) is 3.56. The molecule has 0 saturated heterocycles. The van der Waals surface area contributed by atoms with Crippen LogP contribution >= 0.6 is 11.3 Å². The summed E-state index contributed by atoms with van der Waals surface area (Å²) in [6, 6.07) is 6.99. The summed E-state index contributed by atoms with van der Waals surface area (Å²) in [6.07, 6.45) is 3.33. The summed E-state index contributed by atoms with van der Waals surface area (Å²) >= 11 is 1.22. The highest BCUT2D eigenvalue weighted by Gasteiger charge is 2.21. The minimum absolute atomic E-state index is 0.327. The maximum Gasteiger partial charge on any atom is 0.252 e. The van der Waals surface area contributed by atoms with Crippen molar-refractivity contribution in [1.82, 2.24) is 9.29 Å². The fourth-order valence-electron chi connectivity index (χ4n) is 1.40. The molecule has 0 aliphatic heterocycles. The van der Waals surface area contributed by atoms with E-state index in [0.717, 1.165) is 5.56 Å². The smallest absolute Gasteiger partial charge is 0.252 e. The molecule has 0 fully saturated rings. The van der Waals surface area contributed by atoms with E-state index >= 15 is 0 Å². The number of nitrogens with zero attached hydrogens (tertiary/aromatic N) is 2. The van der Waals surface area contributed by atoms with Gasteiger partial charge in [-0.3, -0.25) is 4.98 Å². The number of pyridine rings is 1. The Balaban J connectivity index is 2.19. The number of hydrogen-bond donors (Lipinski definition) is 0. The van der Waals surface area contributed by atoms with Crippen molar-refractivity contribution in [2.45, 2.75) is 10.8 Å². The van der Waals surface area contributed by atoms with Crippen LogP contribution in [0.15, 0.2) is 46.2 Å². The molecule has 4 nitrogen and oxygen atoms in total. The van der Waals surface area contributed by atoms with Gasteiger partial charge in [-0.2, -0.15) is 4.31 Å². The normalized spacial score (nSPS) is 11.9. The van der Waals surface area contributed by atoms with Gasteiger partial charge in [0.25, 0.3) is 10.0 Å². The lowest BCUT2D eigenvalue weighted by Crippen LogP contribution is -2.25. The molecule has 0 aromatic carbocycles. The van der Waals surface area contributed by atoms with Crippen LogP contribution in [0.4, 0.5) is 0 Å². The lowest BCUT2D eigenvalue weighted by molar-refractivity contribution is 0.468. The maximum atomic E-state index is 12.1. The topological polar surface area (TPSA) is 50.3 Å². The first-order valence-corrected chi connectivity index (χ1v) is 7.31. The predicted molar refractivity (Wildman–Crippen MR) is 67.2 cm³/mol. The third-order valence-corrected chi connectivity index (χ3v) is 5.46. The molecule has 0 amide bonds. The first kappa shape index (κ1) is 12.2. The molecule has 0 aliphatic carbocycles. The number of rotatable bonds is 4. The van der Waals surface area contributed by atoms with Gasteiger partial charge in [0.05, 0.1) is 0 Å². The summed E-state index contributed by atoms with van der Waals surface area (Å²) in [5.41, 5.74) is 0.870. The van der Waals surface area contributed by atoms with Gasteiger partial charge in [0.2, 0.25) is 0 Å². The van der Waals surface area contributed by atoms with Crippen LogP contribution in [0.25, 0.3) is 0 Å². The predicted octanol–water partition coefficient (Wildman–Crippen LogP) is 1.96. The van der Waals surface area contributed by atoms with Crippen LogP contribution in [0.2, 0.25) is 0 Å². The van der Waals surface area contributed by atoms with Gasteiger partial charge in [0.1, 0.15) is 4.21 Å². The van der Waals surface area contributed by atoms with Gasteiger partial charge in [-0.05, 0) is 23.1 Å². The lowest BCUT2D eigenvalue weighted by Gasteiger charge is -2.15. The third kappa shape index (κ3) is 2.71. The van der Waals surface area contributed by atoms with E-state index in [1.54, 1.807) is 43.0 Å².